The first-order chi connectivity index (χ1) is 29.7. The van der Waals surface area contributed by atoms with Gasteiger partial charge >= 0.3 is 0 Å². The number of hydrogen-bond donors (Lipinski definition) is 2. The van der Waals surface area contributed by atoms with Crippen LogP contribution in [0, 0.1) is 11.6 Å². The van der Waals surface area contributed by atoms with Crippen LogP contribution in [0.5, 0.6) is 5.75 Å². The summed E-state index contributed by atoms with van der Waals surface area (Å²) in [5, 5.41) is 9.45. The summed E-state index contributed by atoms with van der Waals surface area (Å²) in [4.78, 5) is 32.8. The molecule has 0 aliphatic carbocycles. The Morgan fingerprint density at radius 2 is 1.59 bits per heavy atom. The number of ether oxygens (including phenoxy) is 2. The van der Waals surface area contributed by atoms with Crippen LogP contribution in [0.4, 0.5) is 8.78 Å². The first kappa shape index (κ1) is 41.6. The molecule has 0 atom stereocenters. The van der Waals surface area contributed by atoms with Crippen molar-refractivity contribution >= 4 is 50.3 Å². The Bertz CT molecular complexity index is 2760. The summed E-state index contributed by atoms with van der Waals surface area (Å²) in [5.41, 5.74) is 6.48. The molecule has 2 N–H and O–H groups in total. The Balaban J connectivity index is 0.797. The van der Waals surface area contributed by atoms with Gasteiger partial charge in [0, 0.05) is 79.9 Å². The van der Waals surface area contributed by atoms with Gasteiger partial charge in [0.15, 0.2) is 0 Å². The first-order valence-electron chi connectivity index (χ1n) is 20.6. The second-order valence-electron chi connectivity index (χ2n) is 15.1. The maximum Gasteiger partial charge on any atom is 0.272 e. The smallest absolute Gasteiger partial charge is 0.272 e. The number of rotatable bonds is 15. The van der Waals surface area contributed by atoms with Crippen LogP contribution in [-0.2, 0) is 11.2 Å². The standard InChI is InChI=1S/C49H46ClF2N5O4/c1-2-38(39-15-12-36(50)31-44(39)52)47(35-11-17-45-34(30-35)18-19-53-45)33-9-13-37(14-10-33)61-26-5-25-60-27-24-56-20-22-57(23-21-56)49(59)42-28-32(8-16-43(42)51)29-46-40-6-3-4-7-41(40)48(58)55-54-46/h3-4,6-19,28,30-31,53H,2,5,20-27,29H2,1H3,(H,55,58)/b47-38+. The minimum atomic E-state index is -0.564. The Labute approximate surface area is 357 Å². The van der Waals surface area contributed by atoms with Gasteiger partial charge in [0.25, 0.3) is 11.5 Å². The van der Waals surface area contributed by atoms with Crippen LogP contribution in [0.2, 0.25) is 5.02 Å². The fraction of sp³-hybridized carbons (Fsp3) is 0.245. The number of benzene rings is 5. The van der Waals surface area contributed by atoms with E-state index in [1.165, 1.54) is 12.1 Å². The number of hydrogen-bond acceptors (Lipinski definition) is 6. The molecule has 9 nitrogen and oxygen atoms in total. The van der Waals surface area contributed by atoms with E-state index < -0.39 is 5.82 Å². The summed E-state index contributed by atoms with van der Waals surface area (Å²) in [6, 6.07) is 32.8. The molecule has 1 aliphatic heterocycles. The van der Waals surface area contributed by atoms with Crippen LogP contribution < -0.4 is 10.3 Å². The number of amides is 1. The molecule has 312 valence electrons. The van der Waals surface area contributed by atoms with Crippen LogP contribution in [0.25, 0.3) is 32.8 Å². The summed E-state index contributed by atoms with van der Waals surface area (Å²) in [5.74, 6) is -0.522. The van der Waals surface area contributed by atoms with Crippen LogP contribution in [-0.4, -0.2) is 83.4 Å². The number of carbonyl (C=O) groups excluding carboxylic acids is 1. The summed E-state index contributed by atoms with van der Waals surface area (Å²) in [7, 11) is 0. The zero-order valence-corrected chi connectivity index (χ0v) is 34.6. The van der Waals surface area contributed by atoms with Crippen LogP contribution in [0.3, 0.4) is 0 Å². The molecule has 0 saturated carbocycles. The Kier molecular flexibility index (Phi) is 13.0. The molecule has 0 bridgehead atoms. The van der Waals surface area contributed by atoms with Crippen LogP contribution in [0.1, 0.15) is 58.1 Å². The monoisotopic (exact) mass is 841 g/mol. The summed E-state index contributed by atoms with van der Waals surface area (Å²) < 4.78 is 42.3. The Morgan fingerprint density at radius 3 is 2.38 bits per heavy atom. The van der Waals surface area contributed by atoms with Crippen molar-refractivity contribution in [2.24, 2.45) is 0 Å². The summed E-state index contributed by atoms with van der Waals surface area (Å²) in [6.07, 6.45) is 3.57. The van der Waals surface area contributed by atoms with E-state index in [2.05, 4.69) is 32.2 Å². The highest BCUT2D eigenvalue weighted by atomic mass is 35.5. The van der Waals surface area contributed by atoms with E-state index in [4.69, 9.17) is 21.1 Å². The van der Waals surface area contributed by atoms with Crippen molar-refractivity contribution in [3.63, 3.8) is 0 Å². The number of H-pyrrole nitrogens is 2. The van der Waals surface area contributed by atoms with Gasteiger partial charge in [-0.1, -0.05) is 67.1 Å². The SMILES string of the molecule is CC/C(=C(/c1ccc(OCCCOCCN2CCN(C(=O)c3cc(Cc4n[nH]c(=O)c5ccccc45)ccc3F)CC2)cc1)c1ccc2[nH]ccc2c1)c1ccc(Cl)cc1F. The maximum atomic E-state index is 15.3. The van der Waals surface area contributed by atoms with Crippen molar-refractivity contribution in [2.75, 3.05) is 52.5 Å². The van der Waals surface area contributed by atoms with E-state index in [0.29, 0.717) is 86.9 Å². The van der Waals surface area contributed by atoms with E-state index >= 15 is 4.39 Å². The van der Waals surface area contributed by atoms with Crippen LogP contribution in [0.15, 0.2) is 120 Å². The van der Waals surface area contributed by atoms with E-state index in [-0.39, 0.29) is 22.8 Å². The predicted molar refractivity (Wildman–Crippen MR) is 237 cm³/mol. The molecule has 12 heteroatoms. The topological polar surface area (TPSA) is 104 Å². The van der Waals surface area contributed by atoms with Crippen molar-refractivity contribution in [3.8, 4) is 5.75 Å². The third-order valence-electron chi connectivity index (χ3n) is 11.2. The maximum absolute atomic E-state index is 15.3. The third-order valence-corrected chi connectivity index (χ3v) is 11.5. The summed E-state index contributed by atoms with van der Waals surface area (Å²) in [6.45, 7) is 6.62. The average molecular weight is 842 g/mol. The number of piperazine rings is 1. The Hall–Kier alpha value is -6.14. The molecule has 0 unspecified atom stereocenters. The molecule has 7 aromatic rings. The van der Waals surface area contributed by atoms with Crippen molar-refractivity contribution in [1.82, 2.24) is 25.0 Å². The van der Waals surface area contributed by atoms with Gasteiger partial charge in [-0.25, -0.2) is 13.9 Å². The largest absolute Gasteiger partial charge is 0.494 e. The molecule has 1 saturated heterocycles. The van der Waals surface area contributed by atoms with Crippen LogP contribution >= 0.6 is 11.6 Å². The van der Waals surface area contributed by atoms with Crippen molar-refractivity contribution in [2.45, 2.75) is 26.2 Å². The van der Waals surface area contributed by atoms with Crippen molar-refractivity contribution < 1.29 is 23.0 Å². The molecule has 1 fully saturated rings. The molecule has 61 heavy (non-hydrogen) atoms. The second-order valence-corrected chi connectivity index (χ2v) is 15.6. The Morgan fingerprint density at radius 1 is 0.803 bits per heavy atom. The molecule has 5 aromatic carbocycles. The number of aromatic amines is 2. The highest BCUT2D eigenvalue weighted by Gasteiger charge is 2.25. The molecular formula is C49H46ClF2N5O4. The van der Waals surface area contributed by atoms with Crippen molar-refractivity contribution in [1.29, 1.82) is 0 Å². The predicted octanol–water partition coefficient (Wildman–Crippen LogP) is 9.54. The lowest BCUT2D eigenvalue weighted by atomic mass is 9.87. The quantitative estimate of drug-likeness (QED) is 0.0788. The van der Waals surface area contributed by atoms with Gasteiger partial charge in [-0.2, -0.15) is 5.10 Å². The van der Waals surface area contributed by atoms with Gasteiger partial charge in [-0.05, 0) is 100 Å². The number of fused-ring (bicyclic) bond motifs is 2. The molecule has 3 heterocycles. The van der Waals surface area contributed by atoms with Crippen molar-refractivity contribution in [3.05, 3.63) is 176 Å². The number of allylic oxidation sites excluding steroid dienone is 1. The molecule has 8 rings (SSSR count). The highest BCUT2D eigenvalue weighted by molar-refractivity contribution is 6.30. The van der Waals surface area contributed by atoms with Gasteiger partial charge in [-0.3, -0.25) is 14.5 Å². The third kappa shape index (κ3) is 9.60. The molecular weight excluding hydrogens is 796 g/mol. The molecule has 2 aromatic heterocycles. The lowest BCUT2D eigenvalue weighted by Gasteiger charge is -2.34. The highest BCUT2D eigenvalue weighted by Crippen LogP contribution is 2.37. The molecule has 0 radical (unpaired) electrons. The minimum Gasteiger partial charge on any atom is -0.494 e. The van der Waals surface area contributed by atoms with E-state index in [1.807, 2.05) is 61.7 Å². The normalized spacial score (nSPS) is 13.8. The zero-order chi connectivity index (χ0) is 42.3. The van der Waals surface area contributed by atoms with Gasteiger partial charge in [0.2, 0.25) is 0 Å². The van der Waals surface area contributed by atoms with Gasteiger partial charge < -0.3 is 19.4 Å². The lowest BCUT2D eigenvalue weighted by Crippen LogP contribution is -2.49. The molecule has 1 amide bonds. The fourth-order valence-corrected chi connectivity index (χ4v) is 8.17. The zero-order valence-electron chi connectivity index (χ0n) is 33.9. The molecule has 1 aliphatic rings. The first-order valence-corrected chi connectivity index (χ1v) is 21.0. The van der Waals surface area contributed by atoms with E-state index in [1.54, 1.807) is 41.3 Å². The molecule has 0 spiro atoms. The number of halogens is 3. The fourth-order valence-electron chi connectivity index (χ4n) is 8.02. The number of nitrogens with zero attached hydrogens (tertiary/aromatic N) is 3. The minimum absolute atomic E-state index is 0.0323. The number of nitrogens with one attached hydrogen (secondary N) is 2. The van der Waals surface area contributed by atoms with E-state index in [0.717, 1.165) is 56.4 Å². The number of aromatic nitrogens is 3. The van der Waals surface area contributed by atoms with E-state index in [9.17, 15) is 14.0 Å². The van der Waals surface area contributed by atoms with Gasteiger partial charge in [0.05, 0.1) is 29.9 Å². The lowest BCUT2D eigenvalue weighted by molar-refractivity contribution is 0.0535. The second kappa shape index (κ2) is 19.1. The van der Waals surface area contributed by atoms with Gasteiger partial charge in [0.1, 0.15) is 17.4 Å². The summed E-state index contributed by atoms with van der Waals surface area (Å²) >= 11 is 6.11. The number of carbonyl (C=O) groups is 1. The van der Waals surface area contributed by atoms with Gasteiger partial charge in [-0.15, -0.1) is 0 Å². The average Bonchev–Trinajstić information content (AvgIpc) is 3.76.